The van der Waals surface area contributed by atoms with Crippen LogP contribution in [0.2, 0.25) is 5.02 Å². The molecule has 0 atom stereocenters. The molecule has 0 saturated carbocycles. The summed E-state index contributed by atoms with van der Waals surface area (Å²) in [5.74, 6) is -0.459. The summed E-state index contributed by atoms with van der Waals surface area (Å²) in [6.07, 6.45) is 0. The van der Waals surface area contributed by atoms with Gasteiger partial charge in [0.1, 0.15) is 11.1 Å². The van der Waals surface area contributed by atoms with E-state index in [1.54, 1.807) is 12.1 Å². The number of nitro benzene ring substituents is 1. The van der Waals surface area contributed by atoms with Gasteiger partial charge in [-0.05, 0) is 32.3 Å². The molecule has 28 heavy (non-hydrogen) atoms. The number of hydrogen-bond acceptors (Lipinski definition) is 6. The molecule has 1 aromatic heterocycles. The van der Waals surface area contributed by atoms with Crippen LogP contribution in [0.4, 0.5) is 10.8 Å². The fraction of sp³-hybridized carbons (Fsp3) is 0.222. The number of carbonyl (C=O) groups excluding carboxylic acids is 1. The van der Waals surface area contributed by atoms with Gasteiger partial charge in [0.2, 0.25) is 0 Å². The molecular formula is C18H18Cl2N4O3S. The van der Waals surface area contributed by atoms with Crippen molar-refractivity contribution >= 4 is 62.3 Å². The van der Waals surface area contributed by atoms with Crippen molar-refractivity contribution in [1.82, 2.24) is 9.88 Å². The molecule has 0 N–H and O–H groups in total. The molecule has 0 aliphatic heterocycles. The van der Waals surface area contributed by atoms with Crippen molar-refractivity contribution in [3.05, 3.63) is 63.2 Å². The molecule has 0 spiro atoms. The maximum Gasteiger partial charge on any atom is 0.282 e. The monoisotopic (exact) mass is 440 g/mol. The number of hydrogen-bond donors (Lipinski definition) is 0. The molecule has 2 aromatic carbocycles. The van der Waals surface area contributed by atoms with Gasteiger partial charge in [-0.15, -0.1) is 12.4 Å². The Labute approximate surface area is 177 Å². The summed E-state index contributed by atoms with van der Waals surface area (Å²) in [5, 5.41) is 12.3. The quantitative estimate of drug-likeness (QED) is 0.416. The molecule has 7 nitrogen and oxygen atoms in total. The molecule has 0 fully saturated rings. The molecule has 1 heterocycles. The second kappa shape index (κ2) is 9.29. The largest absolute Gasteiger partial charge is 0.308 e. The maximum absolute atomic E-state index is 13.2. The lowest BCUT2D eigenvalue weighted by atomic mass is 10.1. The van der Waals surface area contributed by atoms with E-state index in [2.05, 4.69) is 4.98 Å². The number of likely N-dealkylation sites (N-methyl/N-ethyl adjacent to an activating group) is 1. The van der Waals surface area contributed by atoms with Crippen molar-refractivity contribution in [3.8, 4) is 0 Å². The van der Waals surface area contributed by atoms with Crippen LogP contribution in [-0.2, 0) is 0 Å². The third-order valence-corrected chi connectivity index (χ3v) is 5.29. The Morgan fingerprint density at radius 1 is 1.18 bits per heavy atom. The summed E-state index contributed by atoms with van der Waals surface area (Å²) in [6, 6.07) is 11.4. The van der Waals surface area contributed by atoms with Gasteiger partial charge in [-0.2, -0.15) is 0 Å². The standard InChI is InChI=1S/C18H17ClN4O3S.ClH/c1-21(2)10-11-22(17(24)12-6-3-4-8-14(12)23(25)26)18-20-16-13(19)7-5-9-15(16)27-18;/h3-9H,10-11H2,1-2H3;1H. The van der Waals surface area contributed by atoms with Gasteiger partial charge in [0.15, 0.2) is 5.13 Å². The minimum absolute atomic E-state index is 0. The highest BCUT2D eigenvalue weighted by atomic mass is 35.5. The number of rotatable bonds is 6. The van der Waals surface area contributed by atoms with Crippen LogP contribution in [-0.4, -0.2) is 47.9 Å². The van der Waals surface area contributed by atoms with Gasteiger partial charge in [-0.3, -0.25) is 19.8 Å². The fourth-order valence-electron chi connectivity index (χ4n) is 2.56. The van der Waals surface area contributed by atoms with Crippen LogP contribution in [0.3, 0.4) is 0 Å². The minimum Gasteiger partial charge on any atom is -0.308 e. The van der Waals surface area contributed by atoms with Crippen LogP contribution in [0.1, 0.15) is 10.4 Å². The highest BCUT2D eigenvalue weighted by Gasteiger charge is 2.27. The molecule has 148 valence electrons. The minimum atomic E-state index is -0.549. The summed E-state index contributed by atoms with van der Waals surface area (Å²) >= 11 is 7.54. The Kier molecular flexibility index (Phi) is 7.31. The van der Waals surface area contributed by atoms with Crippen LogP contribution < -0.4 is 4.90 Å². The van der Waals surface area contributed by atoms with Crippen molar-refractivity contribution < 1.29 is 9.72 Å². The van der Waals surface area contributed by atoms with Crippen LogP contribution in [0.15, 0.2) is 42.5 Å². The molecule has 3 aromatic rings. The van der Waals surface area contributed by atoms with Crippen molar-refractivity contribution in [1.29, 1.82) is 0 Å². The van der Waals surface area contributed by atoms with Gasteiger partial charge < -0.3 is 4.90 Å². The first-order valence-corrected chi connectivity index (χ1v) is 9.33. The van der Waals surface area contributed by atoms with Crippen molar-refractivity contribution in [2.45, 2.75) is 0 Å². The predicted octanol–water partition coefficient (Wildman–Crippen LogP) is 4.49. The highest BCUT2D eigenvalue weighted by Crippen LogP contribution is 2.34. The van der Waals surface area contributed by atoms with E-state index in [9.17, 15) is 14.9 Å². The summed E-state index contributed by atoms with van der Waals surface area (Å²) in [4.78, 5) is 31.9. The first kappa shape index (κ1) is 22.0. The van der Waals surface area contributed by atoms with Gasteiger partial charge in [-0.25, -0.2) is 4.98 Å². The Morgan fingerprint density at radius 2 is 1.89 bits per heavy atom. The average molecular weight is 441 g/mol. The normalized spacial score (nSPS) is 10.7. The zero-order chi connectivity index (χ0) is 19.6. The SMILES string of the molecule is CN(C)CCN(C(=O)c1ccccc1[N+](=O)[O-])c1nc2c(Cl)cccc2s1.Cl. The number of nitrogens with zero attached hydrogens (tertiary/aromatic N) is 4. The summed E-state index contributed by atoms with van der Waals surface area (Å²) in [7, 11) is 3.78. The third kappa shape index (κ3) is 4.59. The molecule has 0 aliphatic carbocycles. The molecule has 0 radical (unpaired) electrons. The number of thiazole rings is 1. The van der Waals surface area contributed by atoms with E-state index in [0.717, 1.165) is 4.70 Å². The molecule has 0 aliphatic rings. The van der Waals surface area contributed by atoms with Gasteiger partial charge >= 0.3 is 0 Å². The summed E-state index contributed by atoms with van der Waals surface area (Å²) < 4.78 is 0.850. The lowest BCUT2D eigenvalue weighted by molar-refractivity contribution is -0.385. The van der Waals surface area contributed by atoms with E-state index in [4.69, 9.17) is 11.6 Å². The molecule has 0 unspecified atom stereocenters. The second-order valence-corrected chi connectivity index (χ2v) is 7.53. The first-order chi connectivity index (χ1) is 12.9. The van der Waals surface area contributed by atoms with E-state index in [0.29, 0.717) is 28.8 Å². The zero-order valence-corrected chi connectivity index (χ0v) is 17.6. The molecule has 0 bridgehead atoms. The summed E-state index contributed by atoms with van der Waals surface area (Å²) in [5.41, 5.74) is 0.424. The zero-order valence-electron chi connectivity index (χ0n) is 15.2. The Balaban J connectivity index is 0.00000280. The topological polar surface area (TPSA) is 79.6 Å². The Morgan fingerprint density at radius 3 is 2.54 bits per heavy atom. The third-order valence-electron chi connectivity index (χ3n) is 3.94. The van der Waals surface area contributed by atoms with E-state index in [1.807, 2.05) is 31.1 Å². The van der Waals surface area contributed by atoms with E-state index >= 15 is 0 Å². The summed E-state index contributed by atoms with van der Waals surface area (Å²) in [6.45, 7) is 0.922. The Hall–Kier alpha value is -2.26. The van der Waals surface area contributed by atoms with Crippen LogP contribution in [0, 0.1) is 10.1 Å². The van der Waals surface area contributed by atoms with Crippen molar-refractivity contribution in [2.24, 2.45) is 0 Å². The lowest BCUT2D eigenvalue weighted by Crippen LogP contribution is -2.37. The molecule has 0 saturated heterocycles. The number of halogens is 2. The van der Waals surface area contributed by atoms with Gasteiger partial charge in [0.05, 0.1) is 14.6 Å². The second-order valence-electron chi connectivity index (χ2n) is 6.12. The number of aromatic nitrogens is 1. The number of carbonyl (C=O) groups is 1. The fourth-order valence-corrected chi connectivity index (χ4v) is 3.85. The molecule has 3 rings (SSSR count). The highest BCUT2D eigenvalue weighted by molar-refractivity contribution is 7.22. The van der Waals surface area contributed by atoms with E-state index < -0.39 is 10.8 Å². The Bertz CT molecular complexity index is 1010. The van der Waals surface area contributed by atoms with Crippen LogP contribution >= 0.6 is 35.3 Å². The van der Waals surface area contributed by atoms with Crippen LogP contribution in [0.5, 0.6) is 0 Å². The maximum atomic E-state index is 13.2. The van der Waals surface area contributed by atoms with E-state index in [1.165, 1.54) is 34.4 Å². The number of amides is 1. The first-order valence-electron chi connectivity index (χ1n) is 8.13. The van der Waals surface area contributed by atoms with Crippen molar-refractivity contribution in [2.75, 3.05) is 32.1 Å². The molecule has 10 heteroatoms. The molecule has 1 amide bonds. The van der Waals surface area contributed by atoms with Gasteiger partial charge in [-0.1, -0.05) is 41.1 Å². The smallest absolute Gasteiger partial charge is 0.282 e. The van der Waals surface area contributed by atoms with Crippen LogP contribution in [0.25, 0.3) is 10.2 Å². The number of benzene rings is 2. The number of nitro groups is 1. The lowest BCUT2D eigenvalue weighted by Gasteiger charge is -2.21. The molecular weight excluding hydrogens is 423 g/mol. The van der Waals surface area contributed by atoms with Gasteiger partial charge in [0.25, 0.3) is 11.6 Å². The average Bonchev–Trinajstić information content (AvgIpc) is 3.06. The number of fused-ring (bicyclic) bond motifs is 1. The van der Waals surface area contributed by atoms with Crippen molar-refractivity contribution in [3.63, 3.8) is 0 Å². The predicted molar refractivity (Wildman–Crippen MR) is 115 cm³/mol. The number of anilines is 1. The van der Waals surface area contributed by atoms with E-state index in [-0.39, 0.29) is 23.7 Å². The number of para-hydroxylation sites is 2. The van der Waals surface area contributed by atoms with Gasteiger partial charge in [0, 0.05) is 19.2 Å².